The van der Waals surface area contributed by atoms with Crippen molar-refractivity contribution in [2.24, 2.45) is 17.8 Å². The number of amides is 4. The molecule has 9 nitrogen and oxygen atoms in total. The summed E-state index contributed by atoms with van der Waals surface area (Å²) in [6, 6.07) is 8.92. The smallest absolute Gasteiger partial charge is 0.408 e. The van der Waals surface area contributed by atoms with Crippen LogP contribution < -0.4 is 10.6 Å². The fourth-order valence-corrected chi connectivity index (χ4v) is 5.29. The van der Waals surface area contributed by atoms with Crippen molar-refractivity contribution in [3.8, 4) is 0 Å². The molecule has 2 aliphatic rings. The average Bonchev–Trinajstić information content (AvgIpc) is 2.90. The zero-order chi connectivity index (χ0) is 28.6. The van der Waals surface area contributed by atoms with Gasteiger partial charge in [-0.15, -0.1) is 0 Å². The summed E-state index contributed by atoms with van der Waals surface area (Å²) >= 11 is 0. The zero-order valence-electron chi connectivity index (χ0n) is 24.2. The van der Waals surface area contributed by atoms with E-state index < -0.39 is 17.7 Å². The van der Waals surface area contributed by atoms with Gasteiger partial charge in [-0.3, -0.25) is 14.4 Å². The van der Waals surface area contributed by atoms with Crippen molar-refractivity contribution >= 4 is 23.8 Å². The molecule has 1 heterocycles. The Balaban J connectivity index is 1.42. The summed E-state index contributed by atoms with van der Waals surface area (Å²) in [5.74, 6) is 0.547. The topological polar surface area (TPSA) is 108 Å². The van der Waals surface area contributed by atoms with Gasteiger partial charge in [-0.05, 0) is 57.9 Å². The van der Waals surface area contributed by atoms with Crippen LogP contribution in [0.5, 0.6) is 0 Å². The lowest BCUT2D eigenvalue weighted by Crippen LogP contribution is -2.53. The number of nitrogens with zero attached hydrogens (tertiary/aromatic N) is 2. The Morgan fingerprint density at radius 1 is 0.923 bits per heavy atom. The second-order valence-corrected chi connectivity index (χ2v) is 12.1. The largest absolute Gasteiger partial charge is 0.444 e. The molecule has 3 rings (SSSR count). The van der Waals surface area contributed by atoms with Gasteiger partial charge in [0.15, 0.2) is 0 Å². The van der Waals surface area contributed by atoms with Crippen molar-refractivity contribution < 1.29 is 23.9 Å². The van der Waals surface area contributed by atoms with Crippen LogP contribution in [0.25, 0.3) is 0 Å². The standard InChI is InChI=1S/C30H46N4O5/c1-21(2)27(36)33-15-17-34(18-16-33)28(37)24-13-11-22(12-14-24)20-31-26(35)19-25(23-9-7-6-8-10-23)32-29(38)39-30(3,4)5/h6-10,21-22,24-25H,11-20H2,1-5H3,(H,31,35)(H,32,38)/t22-,24-,25?. The van der Waals surface area contributed by atoms with Crippen LogP contribution in [-0.2, 0) is 19.1 Å². The van der Waals surface area contributed by atoms with E-state index in [1.807, 2.05) is 54.0 Å². The Bertz CT molecular complexity index is 975. The first-order valence-corrected chi connectivity index (χ1v) is 14.3. The van der Waals surface area contributed by atoms with Crippen molar-refractivity contribution in [3.05, 3.63) is 35.9 Å². The summed E-state index contributed by atoms with van der Waals surface area (Å²) < 4.78 is 5.39. The van der Waals surface area contributed by atoms with Gasteiger partial charge in [-0.2, -0.15) is 0 Å². The Morgan fingerprint density at radius 3 is 2.08 bits per heavy atom. The number of ether oxygens (including phenoxy) is 1. The van der Waals surface area contributed by atoms with Gasteiger partial charge < -0.3 is 25.2 Å². The second-order valence-electron chi connectivity index (χ2n) is 12.1. The van der Waals surface area contributed by atoms with E-state index in [-0.39, 0.29) is 36.0 Å². The minimum Gasteiger partial charge on any atom is -0.444 e. The molecule has 1 aliphatic heterocycles. The first-order chi connectivity index (χ1) is 18.4. The molecule has 4 amide bonds. The molecule has 1 aliphatic carbocycles. The van der Waals surface area contributed by atoms with Gasteiger partial charge >= 0.3 is 6.09 Å². The van der Waals surface area contributed by atoms with E-state index in [9.17, 15) is 19.2 Å². The highest BCUT2D eigenvalue weighted by Crippen LogP contribution is 2.30. The molecule has 0 radical (unpaired) electrons. The third-order valence-corrected chi connectivity index (χ3v) is 7.46. The van der Waals surface area contributed by atoms with E-state index in [1.165, 1.54) is 0 Å². The van der Waals surface area contributed by atoms with Gasteiger partial charge in [0.2, 0.25) is 17.7 Å². The highest BCUT2D eigenvalue weighted by atomic mass is 16.6. The number of carbonyl (C=O) groups excluding carboxylic acids is 4. The Hall–Kier alpha value is -3.10. The number of hydrogen-bond donors (Lipinski definition) is 2. The van der Waals surface area contributed by atoms with Gasteiger partial charge in [-0.25, -0.2) is 4.79 Å². The molecule has 1 unspecified atom stereocenters. The van der Waals surface area contributed by atoms with Crippen LogP contribution in [0.15, 0.2) is 30.3 Å². The normalized spacial score (nSPS) is 20.8. The molecule has 0 spiro atoms. The third-order valence-electron chi connectivity index (χ3n) is 7.46. The molecule has 1 saturated heterocycles. The Morgan fingerprint density at radius 2 is 1.51 bits per heavy atom. The maximum atomic E-state index is 13.1. The summed E-state index contributed by atoms with van der Waals surface area (Å²) in [7, 11) is 0. The van der Waals surface area contributed by atoms with E-state index in [4.69, 9.17) is 4.74 Å². The van der Waals surface area contributed by atoms with Crippen LogP contribution in [-0.4, -0.2) is 71.9 Å². The molecule has 1 saturated carbocycles. The van der Waals surface area contributed by atoms with Crippen LogP contribution >= 0.6 is 0 Å². The number of benzene rings is 1. The first kappa shape index (κ1) is 30.4. The molecule has 0 aromatic heterocycles. The van der Waals surface area contributed by atoms with Crippen molar-refractivity contribution in [3.63, 3.8) is 0 Å². The van der Waals surface area contributed by atoms with E-state index in [2.05, 4.69) is 10.6 Å². The molecule has 2 N–H and O–H groups in total. The predicted octanol–water partition coefficient (Wildman–Crippen LogP) is 3.89. The predicted molar refractivity (Wildman–Crippen MR) is 150 cm³/mol. The average molecular weight is 543 g/mol. The van der Waals surface area contributed by atoms with E-state index in [0.717, 1.165) is 31.2 Å². The molecular weight excluding hydrogens is 496 g/mol. The monoisotopic (exact) mass is 542 g/mol. The molecule has 39 heavy (non-hydrogen) atoms. The van der Waals surface area contributed by atoms with Gasteiger partial charge in [0, 0.05) is 44.6 Å². The summed E-state index contributed by atoms with van der Waals surface area (Å²) in [5.41, 5.74) is 0.210. The van der Waals surface area contributed by atoms with E-state index in [1.54, 1.807) is 20.8 Å². The molecule has 0 bridgehead atoms. The number of carbonyl (C=O) groups is 4. The van der Waals surface area contributed by atoms with Crippen LogP contribution in [0.3, 0.4) is 0 Å². The number of piperazine rings is 1. The summed E-state index contributed by atoms with van der Waals surface area (Å²) in [6.45, 7) is 12.2. The van der Waals surface area contributed by atoms with Crippen molar-refractivity contribution in [1.82, 2.24) is 20.4 Å². The number of alkyl carbamates (subject to hydrolysis) is 1. The SMILES string of the molecule is CC(C)C(=O)N1CCN(C(=O)[C@H]2CC[C@H](CNC(=O)CC(NC(=O)OC(C)(C)C)c3ccccc3)CC2)CC1. The molecule has 1 atom stereocenters. The highest BCUT2D eigenvalue weighted by molar-refractivity contribution is 5.81. The third kappa shape index (κ3) is 9.55. The van der Waals surface area contributed by atoms with Gasteiger partial charge in [0.25, 0.3) is 0 Å². The lowest BCUT2D eigenvalue weighted by atomic mass is 9.81. The second kappa shape index (κ2) is 13.8. The highest BCUT2D eigenvalue weighted by Gasteiger charge is 2.32. The summed E-state index contributed by atoms with van der Waals surface area (Å²) in [5, 5.41) is 5.88. The maximum absolute atomic E-state index is 13.1. The van der Waals surface area contributed by atoms with Crippen molar-refractivity contribution in [1.29, 1.82) is 0 Å². The van der Waals surface area contributed by atoms with Crippen LogP contribution in [0, 0.1) is 17.8 Å². The molecule has 9 heteroatoms. The zero-order valence-corrected chi connectivity index (χ0v) is 24.2. The van der Waals surface area contributed by atoms with Gasteiger partial charge in [0.05, 0.1) is 12.5 Å². The summed E-state index contributed by atoms with van der Waals surface area (Å²) in [4.78, 5) is 54.3. The minimum atomic E-state index is -0.630. The minimum absolute atomic E-state index is 0.0183. The summed E-state index contributed by atoms with van der Waals surface area (Å²) in [6.07, 6.45) is 2.97. The lowest BCUT2D eigenvalue weighted by molar-refractivity contribution is -0.144. The quantitative estimate of drug-likeness (QED) is 0.518. The molecule has 2 fully saturated rings. The van der Waals surface area contributed by atoms with Gasteiger partial charge in [0.1, 0.15) is 5.60 Å². The fourth-order valence-electron chi connectivity index (χ4n) is 5.29. The van der Waals surface area contributed by atoms with Crippen molar-refractivity contribution in [2.75, 3.05) is 32.7 Å². The fraction of sp³-hybridized carbons (Fsp3) is 0.667. The number of rotatable bonds is 8. The van der Waals surface area contributed by atoms with Crippen molar-refractivity contribution in [2.45, 2.75) is 78.4 Å². The molecule has 1 aromatic rings. The van der Waals surface area contributed by atoms with Crippen LogP contribution in [0.2, 0.25) is 0 Å². The molecular formula is C30H46N4O5. The van der Waals surface area contributed by atoms with Crippen LogP contribution in [0.4, 0.5) is 4.79 Å². The Labute approximate surface area is 233 Å². The lowest BCUT2D eigenvalue weighted by Gasteiger charge is -2.38. The van der Waals surface area contributed by atoms with E-state index >= 15 is 0 Å². The maximum Gasteiger partial charge on any atom is 0.408 e. The number of hydrogen-bond acceptors (Lipinski definition) is 5. The molecule has 1 aromatic carbocycles. The first-order valence-electron chi connectivity index (χ1n) is 14.3. The molecule has 216 valence electrons. The van der Waals surface area contributed by atoms with Gasteiger partial charge in [-0.1, -0.05) is 44.2 Å². The van der Waals surface area contributed by atoms with E-state index in [0.29, 0.717) is 38.6 Å². The number of nitrogens with one attached hydrogen (secondary N) is 2. The van der Waals surface area contributed by atoms with Crippen LogP contribution in [0.1, 0.15) is 78.3 Å². The Kier molecular flexibility index (Phi) is 10.8.